The summed E-state index contributed by atoms with van der Waals surface area (Å²) in [6.07, 6.45) is 3.39. The Hall–Kier alpha value is -3.41. The Balaban J connectivity index is 1.78. The van der Waals surface area contributed by atoms with Crippen LogP contribution in [0.2, 0.25) is 0 Å². The molecule has 0 saturated carbocycles. The third kappa shape index (κ3) is 2.00. The van der Waals surface area contributed by atoms with Crippen LogP contribution >= 0.6 is 0 Å². The molecule has 0 bridgehead atoms. The number of fused-ring (bicyclic) bond motifs is 4. The van der Waals surface area contributed by atoms with Crippen LogP contribution in [0.4, 0.5) is 5.69 Å². The highest BCUT2D eigenvalue weighted by atomic mass is 16.5. The summed E-state index contributed by atoms with van der Waals surface area (Å²) >= 11 is 0. The number of nitrogens with one attached hydrogen (secondary N) is 1. The number of para-hydroxylation sites is 1. The zero-order valence-corrected chi connectivity index (χ0v) is 15.3. The number of ether oxygens (including phenoxy) is 1. The quantitative estimate of drug-likeness (QED) is 0.696. The molecule has 0 spiro atoms. The number of aromatic nitrogens is 1. The van der Waals surface area contributed by atoms with Crippen LogP contribution in [0.5, 0.6) is 0 Å². The van der Waals surface area contributed by atoms with E-state index in [1.165, 1.54) is 7.11 Å². The first-order valence-corrected chi connectivity index (χ1v) is 9.25. The molecule has 0 radical (unpaired) electrons. The summed E-state index contributed by atoms with van der Waals surface area (Å²) in [7, 11) is 1.31. The lowest BCUT2D eigenvalue weighted by molar-refractivity contribution is -0.121. The number of amides is 1. The molecule has 3 heterocycles. The number of hydrogen-bond acceptors (Lipinski definition) is 4. The maximum atomic E-state index is 13.7. The molecule has 2 aromatic carbocycles. The fourth-order valence-corrected chi connectivity index (χ4v) is 4.65. The van der Waals surface area contributed by atoms with Crippen LogP contribution in [0, 0.1) is 0 Å². The number of piperidine rings is 1. The second-order valence-electron chi connectivity index (χ2n) is 7.24. The first-order chi connectivity index (χ1) is 13.6. The van der Waals surface area contributed by atoms with Gasteiger partial charge in [0.1, 0.15) is 5.54 Å². The number of anilines is 1. The van der Waals surface area contributed by atoms with E-state index in [1.54, 1.807) is 23.1 Å². The number of carbonyl (C=O) groups excluding carboxylic acids is 3. The molecule has 1 atom stereocenters. The van der Waals surface area contributed by atoms with E-state index in [2.05, 4.69) is 4.98 Å². The zero-order valence-electron chi connectivity index (χ0n) is 15.3. The molecule has 1 saturated heterocycles. The molecule has 28 heavy (non-hydrogen) atoms. The molecule has 1 N–H and O–H groups in total. The number of ketones is 1. The van der Waals surface area contributed by atoms with Gasteiger partial charge in [-0.1, -0.05) is 18.2 Å². The van der Waals surface area contributed by atoms with Gasteiger partial charge in [-0.3, -0.25) is 14.5 Å². The van der Waals surface area contributed by atoms with Gasteiger partial charge in [-0.15, -0.1) is 0 Å². The number of hydrogen-bond donors (Lipinski definition) is 1. The van der Waals surface area contributed by atoms with Crippen LogP contribution in [-0.4, -0.2) is 29.8 Å². The smallest absolute Gasteiger partial charge is 0.337 e. The Kier molecular flexibility index (Phi) is 3.46. The van der Waals surface area contributed by atoms with E-state index >= 15 is 0 Å². The summed E-state index contributed by atoms with van der Waals surface area (Å²) < 4.78 is 4.81. The number of carbonyl (C=O) groups is 3. The summed E-state index contributed by atoms with van der Waals surface area (Å²) in [5.74, 6) is -0.702. The van der Waals surface area contributed by atoms with E-state index < -0.39 is 11.5 Å². The van der Waals surface area contributed by atoms with Crippen molar-refractivity contribution in [2.45, 2.75) is 24.8 Å². The number of methoxy groups -OCH3 is 1. The van der Waals surface area contributed by atoms with E-state index in [0.29, 0.717) is 36.1 Å². The second-order valence-corrected chi connectivity index (χ2v) is 7.24. The number of Topliss-reactive ketones (excluding diaryl/α,β-unsaturated/α-hetero) is 1. The lowest BCUT2D eigenvalue weighted by Gasteiger charge is -2.41. The molecule has 5 rings (SSSR count). The molecular weight excluding hydrogens is 356 g/mol. The number of H-pyrrole nitrogens is 1. The summed E-state index contributed by atoms with van der Waals surface area (Å²) in [4.78, 5) is 43.5. The Bertz CT molecular complexity index is 1160. The van der Waals surface area contributed by atoms with E-state index in [0.717, 1.165) is 16.5 Å². The minimum Gasteiger partial charge on any atom is -0.465 e. The van der Waals surface area contributed by atoms with Gasteiger partial charge < -0.3 is 9.72 Å². The summed E-state index contributed by atoms with van der Waals surface area (Å²) in [6.45, 7) is 0. The molecule has 140 valence electrons. The molecule has 1 amide bonds. The normalized spacial score (nSPS) is 21.0. The van der Waals surface area contributed by atoms with Gasteiger partial charge in [0, 0.05) is 34.6 Å². The van der Waals surface area contributed by atoms with Crippen LogP contribution in [-0.2, 0) is 15.1 Å². The van der Waals surface area contributed by atoms with Crippen molar-refractivity contribution in [2.75, 3.05) is 12.0 Å². The number of aromatic amines is 1. The summed E-state index contributed by atoms with van der Waals surface area (Å²) in [5, 5.41) is 0.927. The highest BCUT2D eigenvalue weighted by molar-refractivity contribution is 6.22. The predicted molar refractivity (Wildman–Crippen MR) is 103 cm³/mol. The number of esters is 1. The lowest BCUT2D eigenvalue weighted by Crippen LogP contribution is -2.53. The van der Waals surface area contributed by atoms with Gasteiger partial charge in [-0.2, -0.15) is 0 Å². The Morgan fingerprint density at radius 1 is 1.18 bits per heavy atom. The molecular formula is C22H18N2O4. The molecule has 1 fully saturated rings. The molecule has 6 nitrogen and oxygen atoms in total. The maximum absolute atomic E-state index is 13.7. The van der Waals surface area contributed by atoms with E-state index in [-0.39, 0.29) is 11.7 Å². The number of rotatable bonds is 2. The number of nitrogens with zero attached hydrogens (tertiary/aromatic N) is 1. The van der Waals surface area contributed by atoms with Crippen molar-refractivity contribution in [2.24, 2.45) is 0 Å². The Morgan fingerprint density at radius 2 is 2.00 bits per heavy atom. The highest BCUT2D eigenvalue weighted by Gasteiger charge is 2.57. The van der Waals surface area contributed by atoms with Crippen LogP contribution < -0.4 is 4.90 Å². The van der Waals surface area contributed by atoms with Crippen LogP contribution in [0.25, 0.3) is 10.9 Å². The molecule has 3 aromatic rings. The summed E-state index contributed by atoms with van der Waals surface area (Å²) in [5.41, 5.74) is 1.92. The standard InChI is InChI=1S/C22H18N2O4/c1-28-21(27)13-8-9-15-18(11-13)24-19(25)7-4-10-22(24,20(15)26)16-12-23-17-6-3-2-5-14(16)17/h2-3,5-6,8-9,11-12,23H,4,7,10H2,1H3. The predicted octanol–water partition coefficient (Wildman–Crippen LogP) is 3.56. The van der Waals surface area contributed by atoms with Crippen molar-refractivity contribution >= 4 is 34.3 Å². The summed E-state index contributed by atoms with van der Waals surface area (Å²) in [6, 6.07) is 12.6. The fraction of sp³-hybridized carbons (Fsp3) is 0.227. The van der Waals surface area contributed by atoms with Gasteiger partial charge >= 0.3 is 5.97 Å². The van der Waals surface area contributed by atoms with Crippen molar-refractivity contribution in [1.82, 2.24) is 4.98 Å². The van der Waals surface area contributed by atoms with Crippen molar-refractivity contribution in [3.63, 3.8) is 0 Å². The average molecular weight is 374 g/mol. The monoisotopic (exact) mass is 374 g/mol. The molecule has 2 aliphatic heterocycles. The number of benzene rings is 2. The third-order valence-corrected chi connectivity index (χ3v) is 5.88. The van der Waals surface area contributed by atoms with Crippen LogP contribution in [0.3, 0.4) is 0 Å². The average Bonchev–Trinajstić information content (AvgIpc) is 3.26. The van der Waals surface area contributed by atoms with E-state index in [4.69, 9.17) is 4.74 Å². The van der Waals surface area contributed by atoms with Crippen molar-refractivity contribution in [3.05, 3.63) is 65.4 Å². The van der Waals surface area contributed by atoms with Gasteiger partial charge in [-0.05, 0) is 37.1 Å². The van der Waals surface area contributed by atoms with Gasteiger partial charge in [-0.25, -0.2) is 4.79 Å². The first kappa shape index (κ1) is 16.7. The van der Waals surface area contributed by atoms with Gasteiger partial charge in [0.15, 0.2) is 5.78 Å². The second kappa shape index (κ2) is 5.79. The largest absolute Gasteiger partial charge is 0.465 e. The highest BCUT2D eigenvalue weighted by Crippen LogP contribution is 2.52. The Labute approximate surface area is 161 Å². The maximum Gasteiger partial charge on any atom is 0.337 e. The van der Waals surface area contributed by atoms with E-state index in [9.17, 15) is 14.4 Å². The first-order valence-electron chi connectivity index (χ1n) is 9.25. The fourth-order valence-electron chi connectivity index (χ4n) is 4.65. The topological polar surface area (TPSA) is 79.5 Å². The van der Waals surface area contributed by atoms with Gasteiger partial charge in [0.2, 0.25) is 5.91 Å². The van der Waals surface area contributed by atoms with Crippen molar-refractivity contribution in [3.8, 4) is 0 Å². The van der Waals surface area contributed by atoms with Crippen molar-refractivity contribution < 1.29 is 19.1 Å². The molecule has 0 aliphatic carbocycles. The zero-order chi connectivity index (χ0) is 19.5. The van der Waals surface area contributed by atoms with Gasteiger partial charge in [0.05, 0.1) is 18.4 Å². The molecule has 6 heteroatoms. The van der Waals surface area contributed by atoms with Crippen LogP contribution in [0.15, 0.2) is 48.7 Å². The SMILES string of the molecule is COC(=O)c1ccc2c(c1)N1C(=O)CCCC1(c1c[nH]c3ccccc13)C2=O. The Morgan fingerprint density at radius 3 is 2.82 bits per heavy atom. The molecule has 1 unspecified atom stereocenters. The minimum atomic E-state index is -1.08. The minimum absolute atomic E-state index is 0.100. The molecule has 1 aromatic heterocycles. The third-order valence-electron chi connectivity index (χ3n) is 5.88. The van der Waals surface area contributed by atoms with Gasteiger partial charge in [0.25, 0.3) is 0 Å². The van der Waals surface area contributed by atoms with Crippen LogP contribution in [0.1, 0.15) is 45.5 Å². The van der Waals surface area contributed by atoms with Crippen molar-refractivity contribution in [1.29, 1.82) is 0 Å². The lowest BCUT2D eigenvalue weighted by atomic mass is 9.78. The molecule has 2 aliphatic rings. The van der Waals surface area contributed by atoms with E-state index in [1.807, 2.05) is 30.5 Å².